The third-order valence-electron chi connectivity index (χ3n) is 8.30. The molecule has 4 aromatic rings. The summed E-state index contributed by atoms with van der Waals surface area (Å²) >= 11 is 0. The first kappa shape index (κ1) is 28.9. The number of amides is 2. The number of benzene rings is 3. The molecule has 44 heavy (non-hydrogen) atoms. The summed E-state index contributed by atoms with van der Waals surface area (Å²) in [6.07, 6.45) is 3.08. The van der Waals surface area contributed by atoms with Crippen molar-refractivity contribution in [2.24, 2.45) is 0 Å². The molecule has 0 saturated heterocycles. The van der Waals surface area contributed by atoms with E-state index >= 15 is 0 Å². The van der Waals surface area contributed by atoms with E-state index < -0.39 is 5.97 Å². The molecule has 2 aliphatic rings. The summed E-state index contributed by atoms with van der Waals surface area (Å²) in [4.78, 5) is 45.5. The Balaban J connectivity index is 1.18. The lowest BCUT2D eigenvalue weighted by Crippen LogP contribution is -2.26. The summed E-state index contributed by atoms with van der Waals surface area (Å²) < 4.78 is 11.9. The molecular formula is C35H33N3O6. The van der Waals surface area contributed by atoms with Crippen molar-refractivity contribution in [3.63, 3.8) is 0 Å². The number of aryl methyl sites for hydroxylation is 1. The Morgan fingerprint density at radius 1 is 0.977 bits per heavy atom. The van der Waals surface area contributed by atoms with Crippen molar-refractivity contribution >= 4 is 23.5 Å². The van der Waals surface area contributed by atoms with Crippen LogP contribution in [0.1, 0.15) is 79.8 Å². The van der Waals surface area contributed by atoms with Gasteiger partial charge in [-0.2, -0.15) is 0 Å². The topological polar surface area (TPSA) is 109 Å². The van der Waals surface area contributed by atoms with Gasteiger partial charge in [-0.05, 0) is 67.6 Å². The molecule has 2 unspecified atom stereocenters. The predicted octanol–water partition coefficient (Wildman–Crippen LogP) is 6.07. The molecule has 0 saturated carbocycles. The normalized spacial score (nSPS) is 16.1. The maximum Gasteiger partial charge on any atom is 0.354 e. The van der Waals surface area contributed by atoms with Gasteiger partial charge in [0.15, 0.2) is 11.5 Å². The summed E-state index contributed by atoms with van der Waals surface area (Å²) in [5, 5.41) is 9.25. The number of methoxy groups -OCH3 is 1. The number of ether oxygens (including phenoxy) is 2. The minimum Gasteiger partial charge on any atom is -0.493 e. The number of nitrogens with zero attached hydrogens (tertiary/aromatic N) is 3. The van der Waals surface area contributed by atoms with Crippen LogP contribution >= 0.6 is 0 Å². The molecule has 9 nitrogen and oxygen atoms in total. The maximum absolute atomic E-state index is 13.8. The van der Waals surface area contributed by atoms with Gasteiger partial charge in [0.05, 0.1) is 19.3 Å². The molecule has 2 aliphatic heterocycles. The lowest BCUT2D eigenvalue weighted by molar-refractivity contribution is 0.0690. The van der Waals surface area contributed by atoms with Crippen LogP contribution in [0.25, 0.3) is 0 Å². The van der Waals surface area contributed by atoms with Gasteiger partial charge in [0.1, 0.15) is 5.69 Å². The highest BCUT2D eigenvalue weighted by Crippen LogP contribution is 2.41. The maximum atomic E-state index is 13.8. The number of rotatable bonds is 10. The van der Waals surface area contributed by atoms with Crippen LogP contribution in [-0.4, -0.2) is 46.0 Å². The minimum atomic E-state index is -1.18. The Bertz CT molecular complexity index is 1760. The number of hydrogen-bond donors (Lipinski definition) is 1. The first-order chi connectivity index (χ1) is 21.2. The summed E-state index contributed by atoms with van der Waals surface area (Å²) in [5.41, 5.74) is 5.13. The van der Waals surface area contributed by atoms with Crippen molar-refractivity contribution in [1.82, 2.24) is 9.88 Å². The summed E-state index contributed by atoms with van der Waals surface area (Å²) in [6, 6.07) is 22.7. The van der Waals surface area contributed by atoms with E-state index in [4.69, 9.17) is 9.47 Å². The molecule has 1 aromatic heterocycles. The molecule has 3 heterocycles. The van der Waals surface area contributed by atoms with E-state index in [9.17, 15) is 19.5 Å². The standard InChI is InChI=1S/C35H33N3O6/c1-21(9-10-23-7-5-4-6-8-23)44-32-16-26(12-14-31(32)43-3)38-22(2)27-13-11-24(15-29(27)34(38)40)19-37-20-25-18-36-30(35(41)42)17-28(25)33(37)39/h4-8,11-18,21-22H,9-10,19-20H2,1-3H3,(H,41,42). The van der Waals surface area contributed by atoms with Crippen LogP contribution in [-0.2, 0) is 19.5 Å². The molecule has 0 fully saturated rings. The van der Waals surface area contributed by atoms with Crippen LogP contribution in [0.4, 0.5) is 5.69 Å². The monoisotopic (exact) mass is 591 g/mol. The Hall–Kier alpha value is -5.18. The van der Waals surface area contributed by atoms with Gasteiger partial charge >= 0.3 is 5.97 Å². The number of carbonyl (C=O) groups excluding carboxylic acids is 2. The average molecular weight is 592 g/mol. The third-order valence-corrected chi connectivity index (χ3v) is 8.30. The molecule has 0 bridgehead atoms. The van der Waals surface area contributed by atoms with Gasteiger partial charge < -0.3 is 24.4 Å². The van der Waals surface area contributed by atoms with E-state index in [0.29, 0.717) is 40.4 Å². The smallest absolute Gasteiger partial charge is 0.354 e. The van der Waals surface area contributed by atoms with Crippen LogP contribution < -0.4 is 14.4 Å². The fourth-order valence-electron chi connectivity index (χ4n) is 5.96. The fraction of sp³-hybridized carbons (Fsp3) is 0.257. The highest BCUT2D eigenvalue weighted by molar-refractivity contribution is 6.11. The second-order valence-electron chi connectivity index (χ2n) is 11.3. The van der Waals surface area contributed by atoms with Crippen LogP contribution in [0.2, 0.25) is 0 Å². The number of carbonyl (C=O) groups is 3. The first-order valence-electron chi connectivity index (χ1n) is 14.6. The second kappa shape index (κ2) is 11.8. The molecule has 6 rings (SSSR count). The molecule has 9 heteroatoms. The lowest BCUT2D eigenvalue weighted by Gasteiger charge is -2.24. The SMILES string of the molecule is COc1ccc(N2C(=O)c3cc(CN4Cc5cnc(C(=O)O)cc5C4=O)ccc3C2C)cc1OC(C)CCc1ccccc1. The molecule has 0 radical (unpaired) electrons. The van der Waals surface area contributed by atoms with Gasteiger partial charge in [0.25, 0.3) is 11.8 Å². The second-order valence-corrected chi connectivity index (χ2v) is 11.3. The zero-order valence-electron chi connectivity index (χ0n) is 24.8. The number of hydrogen-bond acceptors (Lipinski definition) is 6. The Morgan fingerprint density at radius 3 is 2.52 bits per heavy atom. The largest absolute Gasteiger partial charge is 0.493 e. The summed E-state index contributed by atoms with van der Waals surface area (Å²) in [5.74, 6) is -0.386. The molecule has 3 aromatic carbocycles. The number of pyridine rings is 1. The van der Waals surface area contributed by atoms with Crippen LogP contribution in [0.3, 0.4) is 0 Å². The van der Waals surface area contributed by atoms with E-state index in [0.717, 1.165) is 24.0 Å². The van der Waals surface area contributed by atoms with E-state index in [1.54, 1.807) is 16.9 Å². The summed E-state index contributed by atoms with van der Waals surface area (Å²) in [6.45, 7) is 4.63. The molecule has 224 valence electrons. The van der Waals surface area contributed by atoms with E-state index in [-0.39, 0.29) is 36.2 Å². The minimum absolute atomic E-state index is 0.0725. The zero-order chi connectivity index (χ0) is 31.0. The number of aromatic nitrogens is 1. The molecule has 0 aliphatic carbocycles. The highest BCUT2D eigenvalue weighted by atomic mass is 16.5. The van der Waals surface area contributed by atoms with E-state index in [1.807, 2.05) is 68.4 Å². The van der Waals surface area contributed by atoms with Gasteiger partial charge in [-0.3, -0.25) is 9.59 Å². The van der Waals surface area contributed by atoms with Crippen LogP contribution in [0.15, 0.2) is 79.0 Å². The van der Waals surface area contributed by atoms with Gasteiger partial charge in [-0.1, -0.05) is 42.5 Å². The van der Waals surface area contributed by atoms with Crippen molar-refractivity contribution in [2.75, 3.05) is 12.0 Å². The third kappa shape index (κ3) is 5.48. The van der Waals surface area contributed by atoms with E-state index in [2.05, 4.69) is 17.1 Å². The van der Waals surface area contributed by atoms with Crippen molar-refractivity contribution < 1.29 is 29.0 Å². The van der Waals surface area contributed by atoms with Crippen molar-refractivity contribution in [1.29, 1.82) is 0 Å². The van der Waals surface area contributed by atoms with Crippen molar-refractivity contribution in [3.05, 3.63) is 118 Å². The van der Waals surface area contributed by atoms with Crippen molar-refractivity contribution in [3.8, 4) is 11.5 Å². The van der Waals surface area contributed by atoms with Gasteiger partial charge in [0.2, 0.25) is 0 Å². The Labute approximate surface area is 255 Å². The number of anilines is 1. The fourth-order valence-corrected chi connectivity index (χ4v) is 5.96. The number of aromatic carboxylic acids is 1. The van der Waals surface area contributed by atoms with Gasteiger partial charge in [-0.15, -0.1) is 0 Å². The highest BCUT2D eigenvalue weighted by Gasteiger charge is 2.36. The van der Waals surface area contributed by atoms with Gasteiger partial charge in [-0.25, -0.2) is 9.78 Å². The lowest BCUT2D eigenvalue weighted by atomic mass is 10.0. The molecule has 2 amide bonds. The quantitative estimate of drug-likeness (QED) is 0.239. The zero-order valence-corrected chi connectivity index (χ0v) is 24.8. The molecule has 1 N–H and O–H groups in total. The van der Waals surface area contributed by atoms with Crippen LogP contribution in [0.5, 0.6) is 11.5 Å². The van der Waals surface area contributed by atoms with E-state index in [1.165, 1.54) is 17.8 Å². The summed E-state index contributed by atoms with van der Waals surface area (Å²) in [7, 11) is 1.60. The molecular weight excluding hydrogens is 558 g/mol. The molecule has 2 atom stereocenters. The van der Waals surface area contributed by atoms with Crippen molar-refractivity contribution in [2.45, 2.75) is 51.9 Å². The van der Waals surface area contributed by atoms with Crippen LogP contribution in [0, 0.1) is 0 Å². The number of carboxylic acids is 1. The Morgan fingerprint density at radius 2 is 1.77 bits per heavy atom. The average Bonchev–Trinajstić information content (AvgIpc) is 3.47. The number of carboxylic acid groups (broad SMARTS) is 1. The first-order valence-corrected chi connectivity index (χ1v) is 14.6. The van der Waals surface area contributed by atoms with Gasteiger partial charge in [0, 0.05) is 47.7 Å². The predicted molar refractivity (Wildman–Crippen MR) is 164 cm³/mol. The molecule has 0 spiro atoms. The number of fused-ring (bicyclic) bond motifs is 2. The Kier molecular flexibility index (Phi) is 7.78.